The highest BCUT2D eigenvalue weighted by molar-refractivity contribution is 6.35. The first-order valence-electron chi connectivity index (χ1n) is 7.52. The zero-order valence-electron chi connectivity index (χ0n) is 13.2. The van der Waals surface area contributed by atoms with Gasteiger partial charge in [-0.1, -0.05) is 29.8 Å². The van der Waals surface area contributed by atoms with Gasteiger partial charge in [0.1, 0.15) is 12.7 Å². The lowest BCUT2D eigenvalue weighted by Gasteiger charge is -2.14. The Morgan fingerprint density at radius 3 is 2.68 bits per heavy atom. The lowest BCUT2D eigenvalue weighted by molar-refractivity contribution is -0.151. The number of benzene rings is 1. The largest absolute Gasteiger partial charge is 0.481 e. The van der Waals surface area contributed by atoms with Crippen molar-refractivity contribution in [1.29, 1.82) is 0 Å². The molecule has 1 N–H and O–H groups in total. The highest BCUT2D eigenvalue weighted by Crippen LogP contribution is 2.40. The van der Waals surface area contributed by atoms with Crippen molar-refractivity contribution in [3.63, 3.8) is 0 Å². The lowest BCUT2D eigenvalue weighted by atomic mass is 10.1. The summed E-state index contributed by atoms with van der Waals surface area (Å²) in [5, 5.41) is 9.47. The van der Waals surface area contributed by atoms with Gasteiger partial charge in [-0.3, -0.25) is 9.59 Å². The number of carboxylic acids is 1. The van der Waals surface area contributed by atoms with Crippen molar-refractivity contribution in [2.75, 3.05) is 6.61 Å². The first-order chi connectivity index (χ1) is 11.8. The average molecular weight is 387 g/mol. The Labute approximate surface area is 154 Å². The van der Waals surface area contributed by atoms with Crippen molar-refractivity contribution in [3.8, 4) is 0 Å². The number of hydrogen-bond acceptors (Lipinski definition) is 5. The summed E-state index contributed by atoms with van der Waals surface area (Å²) in [6, 6.07) is 3.35. The molecule has 1 aliphatic carbocycles. The maximum atomic E-state index is 12.0. The van der Waals surface area contributed by atoms with Crippen molar-refractivity contribution in [2.45, 2.75) is 31.8 Å². The van der Waals surface area contributed by atoms with Crippen LogP contribution in [0.25, 0.3) is 0 Å². The van der Waals surface area contributed by atoms with Crippen molar-refractivity contribution in [1.82, 2.24) is 0 Å². The van der Waals surface area contributed by atoms with Crippen molar-refractivity contribution >= 4 is 41.1 Å². The molecule has 0 aromatic heterocycles. The summed E-state index contributed by atoms with van der Waals surface area (Å²) in [7, 11) is 0. The van der Waals surface area contributed by atoms with E-state index in [4.69, 9.17) is 37.8 Å². The number of ether oxygens (including phenoxy) is 2. The zero-order valence-corrected chi connectivity index (χ0v) is 14.7. The summed E-state index contributed by atoms with van der Waals surface area (Å²) in [6.07, 6.45) is 0.114. The third kappa shape index (κ3) is 5.21. The third-order valence-corrected chi connectivity index (χ3v) is 4.22. The van der Waals surface area contributed by atoms with Crippen LogP contribution in [0.3, 0.4) is 0 Å². The Bertz CT molecular complexity index is 728. The van der Waals surface area contributed by atoms with Crippen LogP contribution in [-0.4, -0.2) is 29.6 Å². The number of hydrogen-bond donors (Lipinski definition) is 1. The van der Waals surface area contributed by atoms with Gasteiger partial charge < -0.3 is 14.6 Å². The quantitative estimate of drug-likeness (QED) is 0.569. The van der Waals surface area contributed by atoms with Gasteiger partial charge in [0, 0.05) is 15.6 Å². The fraction of sp³-hybridized carbons (Fsp3) is 0.353. The number of fused-ring (bicyclic) bond motifs is 1. The molecule has 1 aliphatic rings. The van der Waals surface area contributed by atoms with Crippen LogP contribution in [0.4, 0.5) is 0 Å². The number of carbonyl (C=O) groups excluding carboxylic acids is 2. The Hall–Kier alpha value is -2.05. The smallest absolute Gasteiger partial charge is 0.334 e. The fourth-order valence-electron chi connectivity index (χ4n) is 2.51. The van der Waals surface area contributed by atoms with Crippen LogP contribution < -0.4 is 0 Å². The van der Waals surface area contributed by atoms with Crippen molar-refractivity contribution in [3.05, 3.63) is 45.5 Å². The summed E-state index contributed by atoms with van der Waals surface area (Å²) in [5.41, 5.74) is 1.56. The second-order valence-corrected chi connectivity index (χ2v) is 6.38. The molecule has 6 nitrogen and oxygen atoms in total. The van der Waals surface area contributed by atoms with Gasteiger partial charge in [-0.2, -0.15) is 0 Å². The topological polar surface area (TPSA) is 89.9 Å². The highest BCUT2D eigenvalue weighted by Gasteiger charge is 2.28. The first kappa shape index (κ1) is 19.3. The Balaban J connectivity index is 1.89. The molecule has 134 valence electrons. The standard InChI is InChI=1S/C17H16Cl2O6/c1-9(17(23)24-5-4-15(20)21)6-16(22)25-14-3-2-11-12(14)7-10(18)8-13(11)19/h7-8,14H,1-6H2,(H,20,21). The summed E-state index contributed by atoms with van der Waals surface area (Å²) in [6.45, 7) is 3.19. The molecular weight excluding hydrogens is 371 g/mol. The van der Waals surface area contributed by atoms with Gasteiger partial charge in [0.15, 0.2) is 0 Å². The zero-order chi connectivity index (χ0) is 18.6. The molecule has 8 heteroatoms. The molecule has 0 saturated heterocycles. The van der Waals surface area contributed by atoms with E-state index in [1.165, 1.54) is 0 Å². The van der Waals surface area contributed by atoms with E-state index in [1.807, 2.05) is 0 Å². The van der Waals surface area contributed by atoms with Crippen LogP contribution in [0.2, 0.25) is 10.0 Å². The summed E-state index contributed by atoms with van der Waals surface area (Å²) in [5.74, 6) is -2.54. The van der Waals surface area contributed by atoms with Gasteiger partial charge in [-0.25, -0.2) is 4.79 Å². The maximum absolute atomic E-state index is 12.0. The molecule has 1 atom stereocenters. The predicted octanol–water partition coefficient (Wildman–Crippen LogP) is 3.49. The van der Waals surface area contributed by atoms with E-state index in [-0.39, 0.29) is 25.0 Å². The molecule has 0 radical (unpaired) electrons. The number of halogens is 2. The van der Waals surface area contributed by atoms with Gasteiger partial charge in [0.05, 0.1) is 12.8 Å². The Morgan fingerprint density at radius 2 is 2.00 bits per heavy atom. The summed E-state index contributed by atoms with van der Waals surface area (Å²) in [4.78, 5) is 34.0. The third-order valence-electron chi connectivity index (χ3n) is 3.67. The SMILES string of the molecule is C=C(CC(=O)OC1CCc2c(Cl)cc(Cl)cc21)C(=O)OCCC(=O)O. The molecule has 1 unspecified atom stereocenters. The molecule has 1 aromatic rings. The highest BCUT2D eigenvalue weighted by atomic mass is 35.5. The molecular formula is C17H16Cl2O6. The molecule has 0 heterocycles. The second kappa shape index (κ2) is 8.36. The van der Waals surface area contributed by atoms with Gasteiger partial charge >= 0.3 is 17.9 Å². The molecule has 2 rings (SSSR count). The van der Waals surface area contributed by atoms with E-state index in [9.17, 15) is 14.4 Å². The number of aliphatic carboxylic acids is 1. The van der Waals surface area contributed by atoms with Crippen LogP contribution in [0.1, 0.15) is 36.5 Å². The molecule has 0 aliphatic heterocycles. The minimum Gasteiger partial charge on any atom is -0.481 e. The number of esters is 2. The number of carboxylic acid groups (broad SMARTS) is 1. The van der Waals surface area contributed by atoms with E-state index in [2.05, 4.69) is 6.58 Å². The summed E-state index contributed by atoms with van der Waals surface area (Å²) >= 11 is 12.1. The van der Waals surface area contributed by atoms with E-state index in [1.54, 1.807) is 12.1 Å². The maximum Gasteiger partial charge on any atom is 0.334 e. The van der Waals surface area contributed by atoms with E-state index in [0.717, 1.165) is 11.1 Å². The van der Waals surface area contributed by atoms with Crippen LogP contribution in [0.5, 0.6) is 0 Å². The van der Waals surface area contributed by atoms with Crippen LogP contribution in [-0.2, 0) is 30.3 Å². The lowest BCUT2D eigenvalue weighted by Crippen LogP contribution is -2.16. The fourth-order valence-corrected chi connectivity index (χ4v) is 3.11. The van der Waals surface area contributed by atoms with Gasteiger partial charge in [0.2, 0.25) is 0 Å². The molecule has 0 saturated carbocycles. The van der Waals surface area contributed by atoms with E-state index >= 15 is 0 Å². The van der Waals surface area contributed by atoms with Crippen LogP contribution >= 0.6 is 23.2 Å². The number of rotatable bonds is 7. The molecule has 0 bridgehead atoms. The van der Waals surface area contributed by atoms with E-state index < -0.39 is 24.0 Å². The minimum atomic E-state index is -1.09. The van der Waals surface area contributed by atoms with Gasteiger partial charge in [0.25, 0.3) is 0 Å². The Morgan fingerprint density at radius 1 is 1.28 bits per heavy atom. The van der Waals surface area contributed by atoms with Crippen molar-refractivity contribution < 1.29 is 29.0 Å². The molecule has 0 fully saturated rings. The minimum absolute atomic E-state index is 0.0993. The Kier molecular flexibility index (Phi) is 6.45. The van der Waals surface area contributed by atoms with Crippen molar-refractivity contribution in [2.24, 2.45) is 0 Å². The molecule has 25 heavy (non-hydrogen) atoms. The molecule has 0 spiro atoms. The van der Waals surface area contributed by atoms with Crippen LogP contribution in [0, 0.1) is 0 Å². The monoisotopic (exact) mass is 386 g/mol. The first-order valence-corrected chi connectivity index (χ1v) is 8.27. The average Bonchev–Trinajstić information content (AvgIpc) is 2.89. The second-order valence-electron chi connectivity index (χ2n) is 5.53. The van der Waals surface area contributed by atoms with Gasteiger partial charge in [-0.15, -0.1) is 0 Å². The van der Waals surface area contributed by atoms with E-state index in [0.29, 0.717) is 22.9 Å². The molecule has 1 aromatic carbocycles. The predicted molar refractivity (Wildman–Crippen MR) is 90.6 cm³/mol. The van der Waals surface area contributed by atoms with Gasteiger partial charge in [-0.05, 0) is 36.1 Å². The molecule has 0 amide bonds. The summed E-state index contributed by atoms with van der Waals surface area (Å²) < 4.78 is 10.1. The normalized spacial score (nSPS) is 15.4. The van der Waals surface area contributed by atoms with Crippen LogP contribution in [0.15, 0.2) is 24.3 Å². The number of carbonyl (C=O) groups is 3.